The highest BCUT2D eigenvalue weighted by molar-refractivity contribution is 5.44. The van der Waals surface area contributed by atoms with E-state index in [1.54, 1.807) is 12.1 Å². The Labute approximate surface area is 85.7 Å². The molecule has 2 aromatic rings. The molecule has 0 aliphatic heterocycles. The summed E-state index contributed by atoms with van der Waals surface area (Å²) in [5, 5.41) is 13.2. The van der Waals surface area contributed by atoms with E-state index in [4.69, 9.17) is 14.7 Å². The molecule has 0 aromatic carbocycles. The Kier molecular flexibility index (Phi) is 2.79. The second-order valence-electron chi connectivity index (χ2n) is 3.03. The zero-order valence-corrected chi connectivity index (χ0v) is 7.96. The molecule has 2 aromatic heterocycles. The number of hydrogen-bond donors (Lipinski definition) is 2. The minimum absolute atomic E-state index is 0.159. The summed E-state index contributed by atoms with van der Waals surface area (Å²) in [6, 6.07) is 3.44. The highest BCUT2D eigenvalue weighted by Gasteiger charge is 2.17. The Hall–Kier alpha value is -1.66. The third kappa shape index (κ3) is 2.05. The van der Waals surface area contributed by atoms with Gasteiger partial charge in [-0.15, -0.1) is 0 Å². The normalized spacial score (nSPS) is 12.9. The van der Waals surface area contributed by atoms with Crippen molar-refractivity contribution in [2.75, 3.05) is 6.54 Å². The lowest BCUT2D eigenvalue weighted by Crippen LogP contribution is -2.06. The van der Waals surface area contributed by atoms with Crippen LogP contribution in [0.15, 0.2) is 27.3 Å². The Morgan fingerprint density at radius 2 is 2.40 bits per heavy atom. The number of hydrogen-bond acceptors (Lipinski definition) is 6. The van der Waals surface area contributed by atoms with E-state index in [0.717, 1.165) is 0 Å². The maximum Gasteiger partial charge on any atom is 0.255 e. The Bertz CT molecular complexity index is 410. The summed E-state index contributed by atoms with van der Waals surface area (Å²) in [6.45, 7) is 0.361. The van der Waals surface area contributed by atoms with Crippen molar-refractivity contribution in [3.8, 4) is 11.6 Å². The van der Waals surface area contributed by atoms with E-state index in [2.05, 4.69) is 10.1 Å². The van der Waals surface area contributed by atoms with Crippen LogP contribution in [0.25, 0.3) is 11.6 Å². The predicted molar refractivity (Wildman–Crippen MR) is 50.6 cm³/mol. The number of aliphatic hydroxyl groups excluding tert-OH is 1. The van der Waals surface area contributed by atoms with Crippen LogP contribution in [-0.4, -0.2) is 21.8 Å². The molecule has 2 heterocycles. The average Bonchev–Trinajstić information content (AvgIpc) is 2.89. The third-order valence-corrected chi connectivity index (χ3v) is 1.91. The molecule has 1 unspecified atom stereocenters. The van der Waals surface area contributed by atoms with Gasteiger partial charge >= 0.3 is 0 Å². The molecule has 0 aliphatic carbocycles. The molecule has 0 saturated carbocycles. The molecule has 0 radical (unpaired) electrons. The van der Waals surface area contributed by atoms with Crippen molar-refractivity contribution in [2.24, 2.45) is 5.73 Å². The molecule has 0 aliphatic rings. The van der Waals surface area contributed by atoms with Crippen LogP contribution >= 0.6 is 0 Å². The standard InChI is InChI=1S/C9H11N3O3/c10-4-3-6(13)9-11-8(12-15-9)7-2-1-5-14-7/h1-2,5-6,13H,3-4,10H2. The van der Waals surface area contributed by atoms with Crippen molar-refractivity contribution in [2.45, 2.75) is 12.5 Å². The van der Waals surface area contributed by atoms with Gasteiger partial charge in [0.25, 0.3) is 5.89 Å². The number of nitrogens with two attached hydrogens (primary N) is 1. The van der Waals surface area contributed by atoms with Gasteiger partial charge < -0.3 is 19.8 Å². The molecule has 80 valence electrons. The van der Waals surface area contributed by atoms with Crippen molar-refractivity contribution in [3.63, 3.8) is 0 Å². The molecule has 3 N–H and O–H groups in total. The van der Waals surface area contributed by atoms with Gasteiger partial charge in [-0.1, -0.05) is 5.16 Å². The molecule has 1 atom stereocenters. The number of aromatic nitrogens is 2. The maximum absolute atomic E-state index is 9.52. The second kappa shape index (κ2) is 4.24. The fourth-order valence-corrected chi connectivity index (χ4v) is 1.16. The van der Waals surface area contributed by atoms with Crippen molar-refractivity contribution in [1.82, 2.24) is 10.1 Å². The van der Waals surface area contributed by atoms with Crippen molar-refractivity contribution >= 4 is 0 Å². The number of rotatable bonds is 4. The van der Waals surface area contributed by atoms with Crippen LogP contribution in [-0.2, 0) is 0 Å². The average molecular weight is 209 g/mol. The molecule has 2 rings (SSSR count). The first-order valence-electron chi connectivity index (χ1n) is 4.57. The van der Waals surface area contributed by atoms with Crippen molar-refractivity contribution in [3.05, 3.63) is 24.3 Å². The highest BCUT2D eigenvalue weighted by Crippen LogP contribution is 2.19. The van der Waals surface area contributed by atoms with Gasteiger partial charge in [0.15, 0.2) is 5.76 Å². The van der Waals surface area contributed by atoms with Gasteiger partial charge in [0.05, 0.1) is 6.26 Å². The van der Waals surface area contributed by atoms with Crippen molar-refractivity contribution in [1.29, 1.82) is 0 Å². The largest absolute Gasteiger partial charge is 0.461 e. The lowest BCUT2D eigenvalue weighted by atomic mass is 10.2. The minimum atomic E-state index is -0.814. The van der Waals surface area contributed by atoms with E-state index in [9.17, 15) is 5.11 Å². The van der Waals surface area contributed by atoms with E-state index in [-0.39, 0.29) is 5.89 Å². The summed E-state index contributed by atoms with van der Waals surface area (Å²) in [7, 11) is 0. The molecule has 6 heteroatoms. The van der Waals surface area contributed by atoms with Crippen LogP contribution in [0.5, 0.6) is 0 Å². The van der Waals surface area contributed by atoms with Gasteiger partial charge in [0.1, 0.15) is 6.10 Å². The van der Waals surface area contributed by atoms with E-state index in [0.29, 0.717) is 24.6 Å². The van der Waals surface area contributed by atoms with Gasteiger partial charge in [-0.2, -0.15) is 4.98 Å². The first kappa shape index (κ1) is 9.88. The van der Waals surface area contributed by atoms with E-state index < -0.39 is 6.10 Å². The van der Waals surface area contributed by atoms with E-state index in [1.807, 2.05) is 0 Å². The van der Waals surface area contributed by atoms with Gasteiger partial charge in [-0.25, -0.2) is 0 Å². The Morgan fingerprint density at radius 1 is 1.53 bits per heavy atom. The molecular formula is C9H11N3O3. The van der Waals surface area contributed by atoms with Gasteiger partial charge in [-0.3, -0.25) is 0 Å². The topological polar surface area (TPSA) is 98.3 Å². The molecular weight excluding hydrogens is 198 g/mol. The fourth-order valence-electron chi connectivity index (χ4n) is 1.16. The van der Waals surface area contributed by atoms with E-state index in [1.165, 1.54) is 6.26 Å². The smallest absolute Gasteiger partial charge is 0.255 e. The molecule has 0 spiro atoms. The summed E-state index contributed by atoms with van der Waals surface area (Å²) in [4.78, 5) is 3.99. The first-order valence-corrected chi connectivity index (χ1v) is 4.57. The van der Waals surface area contributed by atoms with Gasteiger partial charge in [0.2, 0.25) is 5.82 Å². The molecule has 15 heavy (non-hydrogen) atoms. The van der Waals surface area contributed by atoms with Crippen molar-refractivity contribution < 1.29 is 14.0 Å². The summed E-state index contributed by atoms with van der Waals surface area (Å²) in [6.07, 6.45) is 1.09. The fraction of sp³-hybridized carbons (Fsp3) is 0.333. The summed E-state index contributed by atoms with van der Waals surface area (Å²) >= 11 is 0. The predicted octanol–water partition coefficient (Wildman–Crippen LogP) is 0.712. The zero-order chi connectivity index (χ0) is 10.7. The highest BCUT2D eigenvalue weighted by atomic mass is 16.5. The number of aliphatic hydroxyl groups is 1. The van der Waals surface area contributed by atoms with Crippen LogP contribution in [0.3, 0.4) is 0 Å². The molecule has 0 saturated heterocycles. The quantitative estimate of drug-likeness (QED) is 0.769. The third-order valence-electron chi connectivity index (χ3n) is 1.91. The number of furan rings is 1. The van der Waals surface area contributed by atoms with Crippen LogP contribution in [0.1, 0.15) is 18.4 Å². The summed E-state index contributed by atoms with van der Waals surface area (Å²) in [5.41, 5.74) is 5.30. The summed E-state index contributed by atoms with van der Waals surface area (Å²) in [5.74, 6) is 0.989. The monoisotopic (exact) mass is 209 g/mol. The second-order valence-corrected chi connectivity index (χ2v) is 3.03. The SMILES string of the molecule is NCCC(O)c1nc(-c2ccco2)no1. The maximum atomic E-state index is 9.52. The molecule has 6 nitrogen and oxygen atoms in total. The lowest BCUT2D eigenvalue weighted by molar-refractivity contribution is 0.127. The zero-order valence-electron chi connectivity index (χ0n) is 7.96. The summed E-state index contributed by atoms with van der Waals surface area (Å²) < 4.78 is 9.96. The van der Waals surface area contributed by atoms with Crippen LogP contribution in [0.4, 0.5) is 0 Å². The van der Waals surface area contributed by atoms with Crippen LogP contribution < -0.4 is 5.73 Å². The van der Waals surface area contributed by atoms with Crippen LogP contribution in [0.2, 0.25) is 0 Å². The van der Waals surface area contributed by atoms with Gasteiger partial charge in [-0.05, 0) is 25.1 Å². The first-order chi connectivity index (χ1) is 7.31. The van der Waals surface area contributed by atoms with Gasteiger partial charge in [0, 0.05) is 0 Å². The van der Waals surface area contributed by atoms with Crippen LogP contribution in [0, 0.1) is 0 Å². The molecule has 0 fully saturated rings. The Balaban J connectivity index is 2.17. The molecule has 0 amide bonds. The minimum Gasteiger partial charge on any atom is -0.461 e. The lowest BCUT2D eigenvalue weighted by Gasteiger charge is -2.00. The number of nitrogens with zero attached hydrogens (tertiary/aromatic N) is 2. The van der Waals surface area contributed by atoms with E-state index >= 15 is 0 Å². The Morgan fingerprint density at radius 3 is 3.07 bits per heavy atom. The molecule has 0 bridgehead atoms.